The molecule has 0 spiro atoms. The van der Waals surface area contributed by atoms with Crippen LogP contribution in [-0.4, -0.2) is 24.3 Å². The summed E-state index contributed by atoms with van der Waals surface area (Å²) in [6, 6.07) is 0. The number of ether oxygens (including phenoxy) is 1. The largest absolute Gasteiger partial charge is 0.454 e. The number of rotatable bonds is 4. The summed E-state index contributed by atoms with van der Waals surface area (Å²) in [4.78, 5) is 37.0. The van der Waals surface area contributed by atoms with Crippen molar-refractivity contribution in [2.75, 3.05) is 11.9 Å². The third-order valence-corrected chi connectivity index (χ3v) is 5.04. The Morgan fingerprint density at radius 3 is 2.43 bits per heavy atom. The third kappa shape index (κ3) is 4.19. The Morgan fingerprint density at radius 2 is 1.83 bits per heavy atom. The Bertz CT molecular complexity index is 640. The molecule has 0 atom stereocenters. The van der Waals surface area contributed by atoms with Crippen molar-refractivity contribution in [3.63, 3.8) is 0 Å². The first-order valence-electron chi connectivity index (χ1n) is 7.82. The van der Waals surface area contributed by atoms with E-state index in [0.29, 0.717) is 10.6 Å². The first-order chi connectivity index (χ1) is 10.7. The topological polar surface area (TPSA) is 72.5 Å². The highest BCUT2D eigenvalue weighted by atomic mass is 32.1. The van der Waals surface area contributed by atoms with Gasteiger partial charge in [0.15, 0.2) is 12.4 Å². The highest BCUT2D eigenvalue weighted by Crippen LogP contribution is 2.38. The van der Waals surface area contributed by atoms with Gasteiger partial charge in [-0.1, -0.05) is 20.8 Å². The van der Waals surface area contributed by atoms with Gasteiger partial charge in [-0.2, -0.15) is 0 Å². The number of hydrogen-bond acceptors (Lipinski definition) is 5. The maximum absolute atomic E-state index is 12.5. The molecule has 6 heteroatoms. The second kappa shape index (κ2) is 6.83. The van der Waals surface area contributed by atoms with Crippen molar-refractivity contribution in [3.05, 3.63) is 16.0 Å². The smallest absolute Gasteiger partial charge is 0.341 e. The molecule has 0 bridgehead atoms. The molecule has 0 saturated carbocycles. The van der Waals surface area contributed by atoms with Crippen LogP contribution in [0.15, 0.2) is 0 Å². The van der Waals surface area contributed by atoms with E-state index in [9.17, 15) is 14.4 Å². The van der Waals surface area contributed by atoms with Crippen molar-refractivity contribution in [3.8, 4) is 0 Å². The monoisotopic (exact) mass is 337 g/mol. The van der Waals surface area contributed by atoms with Crippen molar-refractivity contribution in [1.29, 1.82) is 0 Å². The van der Waals surface area contributed by atoms with Gasteiger partial charge in [-0.05, 0) is 31.2 Å². The van der Waals surface area contributed by atoms with E-state index in [-0.39, 0.29) is 18.3 Å². The summed E-state index contributed by atoms with van der Waals surface area (Å²) in [5, 5.41) is 3.26. The minimum absolute atomic E-state index is 0.129. The molecule has 1 aliphatic rings. The van der Waals surface area contributed by atoms with Crippen molar-refractivity contribution < 1.29 is 19.1 Å². The number of carbonyl (C=O) groups excluding carboxylic acids is 3. The lowest BCUT2D eigenvalue weighted by Gasteiger charge is -2.17. The predicted molar refractivity (Wildman–Crippen MR) is 90.0 cm³/mol. The van der Waals surface area contributed by atoms with Gasteiger partial charge in [-0.3, -0.25) is 9.59 Å². The minimum atomic E-state index is -0.547. The van der Waals surface area contributed by atoms with E-state index < -0.39 is 11.4 Å². The summed E-state index contributed by atoms with van der Waals surface area (Å²) in [6.45, 7) is 6.54. The molecule has 0 saturated heterocycles. The van der Waals surface area contributed by atoms with Crippen LogP contribution in [-0.2, 0) is 27.2 Å². The molecular weight excluding hydrogens is 314 g/mol. The number of aryl methyl sites for hydroxylation is 1. The lowest BCUT2D eigenvalue weighted by atomic mass is 9.91. The van der Waals surface area contributed by atoms with Crippen molar-refractivity contribution in [2.45, 2.75) is 53.4 Å². The van der Waals surface area contributed by atoms with Crippen molar-refractivity contribution in [1.82, 2.24) is 0 Å². The summed E-state index contributed by atoms with van der Waals surface area (Å²) < 4.78 is 5.23. The van der Waals surface area contributed by atoms with Crippen LogP contribution in [0.3, 0.4) is 0 Å². The van der Waals surface area contributed by atoms with Crippen LogP contribution in [0, 0.1) is 5.41 Å². The Balaban J connectivity index is 2.22. The van der Waals surface area contributed by atoms with E-state index >= 15 is 0 Å². The fourth-order valence-corrected chi connectivity index (χ4v) is 3.77. The molecule has 1 heterocycles. The molecule has 2 rings (SSSR count). The summed E-state index contributed by atoms with van der Waals surface area (Å²) in [5.41, 5.74) is 0.856. The fraction of sp³-hybridized carbons (Fsp3) is 0.588. The van der Waals surface area contributed by atoms with E-state index in [1.807, 2.05) is 0 Å². The molecule has 1 N–H and O–H groups in total. The van der Waals surface area contributed by atoms with Crippen molar-refractivity contribution in [2.24, 2.45) is 5.41 Å². The Kier molecular flexibility index (Phi) is 5.24. The number of hydrogen-bond donors (Lipinski definition) is 1. The first kappa shape index (κ1) is 17.7. The number of amides is 1. The highest BCUT2D eigenvalue weighted by Gasteiger charge is 2.28. The van der Waals surface area contributed by atoms with E-state index in [4.69, 9.17) is 4.74 Å². The lowest BCUT2D eigenvalue weighted by Crippen LogP contribution is -2.26. The molecule has 126 valence electrons. The molecular formula is C17H23NO4S. The average Bonchev–Trinajstić information content (AvgIpc) is 2.80. The SMILES string of the molecule is CC(=O)Nc1sc2c(c1C(=O)OCC(=O)C(C)(C)C)CCCC2. The average molecular weight is 337 g/mol. The van der Waals surface area contributed by atoms with Crippen LogP contribution in [0.4, 0.5) is 5.00 Å². The molecule has 0 radical (unpaired) electrons. The quantitative estimate of drug-likeness (QED) is 0.855. The number of fused-ring (bicyclic) bond motifs is 1. The van der Waals surface area contributed by atoms with E-state index in [1.165, 1.54) is 18.3 Å². The molecule has 5 nitrogen and oxygen atoms in total. The Labute approximate surface area is 140 Å². The number of thiophene rings is 1. The number of Topliss-reactive ketones (excluding diaryl/α,β-unsaturated/α-hetero) is 1. The van der Waals surface area contributed by atoms with Gasteiger partial charge in [0.2, 0.25) is 5.91 Å². The second-order valence-corrected chi connectivity index (χ2v) is 7.95. The summed E-state index contributed by atoms with van der Waals surface area (Å²) in [6.07, 6.45) is 3.83. The van der Waals surface area contributed by atoms with Crippen LogP contribution < -0.4 is 5.32 Å². The van der Waals surface area contributed by atoms with Gasteiger partial charge in [-0.15, -0.1) is 11.3 Å². The molecule has 1 aliphatic carbocycles. The van der Waals surface area contributed by atoms with Crippen LogP contribution in [0.5, 0.6) is 0 Å². The normalized spacial score (nSPS) is 14.1. The van der Waals surface area contributed by atoms with Gasteiger partial charge in [0.1, 0.15) is 5.00 Å². The second-order valence-electron chi connectivity index (χ2n) is 6.85. The van der Waals surface area contributed by atoms with Gasteiger partial charge in [0.25, 0.3) is 0 Å². The maximum Gasteiger partial charge on any atom is 0.341 e. The van der Waals surface area contributed by atoms with E-state index in [0.717, 1.165) is 36.1 Å². The van der Waals surface area contributed by atoms with Gasteiger partial charge in [0.05, 0.1) is 5.56 Å². The fourth-order valence-electron chi connectivity index (χ4n) is 2.45. The third-order valence-electron chi connectivity index (χ3n) is 3.84. The molecule has 1 amide bonds. The highest BCUT2D eigenvalue weighted by molar-refractivity contribution is 7.17. The number of anilines is 1. The van der Waals surface area contributed by atoms with Crippen LogP contribution in [0.1, 0.15) is 61.3 Å². The number of carbonyl (C=O) groups is 3. The zero-order valence-electron chi connectivity index (χ0n) is 14.1. The van der Waals surface area contributed by atoms with Crippen LogP contribution in [0.2, 0.25) is 0 Å². The molecule has 1 aromatic rings. The zero-order chi connectivity index (χ0) is 17.2. The number of nitrogens with one attached hydrogen (secondary N) is 1. The first-order valence-corrected chi connectivity index (χ1v) is 8.64. The summed E-state index contributed by atoms with van der Waals surface area (Å²) in [5.74, 6) is -0.870. The standard InChI is InChI=1S/C17H23NO4S/c1-10(19)18-15-14(11-7-5-6-8-12(11)23-15)16(21)22-9-13(20)17(2,3)4/h5-9H2,1-4H3,(H,18,19). The summed E-state index contributed by atoms with van der Waals surface area (Å²) >= 11 is 1.44. The molecule has 0 aliphatic heterocycles. The van der Waals surface area contributed by atoms with E-state index in [2.05, 4.69) is 5.32 Å². The van der Waals surface area contributed by atoms with Crippen molar-refractivity contribution >= 4 is 34.0 Å². The van der Waals surface area contributed by atoms with E-state index in [1.54, 1.807) is 20.8 Å². The van der Waals surface area contributed by atoms with Gasteiger partial charge in [0, 0.05) is 17.2 Å². The molecule has 0 unspecified atom stereocenters. The molecule has 23 heavy (non-hydrogen) atoms. The summed E-state index contributed by atoms with van der Waals surface area (Å²) in [7, 11) is 0. The molecule has 1 aromatic heterocycles. The minimum Gasteiger partial charge on any atom is -0.454 e. The van der Waals surface area contributed by atoms with Gasteiger partial charge >= 0.3 is 5.97 Å². The zero-order valence-corrected chi connectivity index (χ0v) is 14.9. The Hall–Kier alpha value is -1.69. The molecule has 0 fully saturated rings. The van der Waals surface area contributed by atoms with Gasteiger partial charge < -0.3 is 10.1 Å². The van der Waals surface area contributed by atoms with Crippen LogP contribution >= 0.6 is 11.3 Å². The number of ketones is 1. The Morgan fingerprint density at radius 1 is 1.17 bits per heavy atom. The number of esters is 1. The molecule has 0 aromatic carbocycles. The maximum atomic E-state index is 12.5. The van der Waals surface area contributed by atoms with Gasteiger partial charge in [-0.25, -0.2) is 4.79 Å². The van der Waals surface area contributed by atoms with Crippen LogP contribution in [0.25, 0.3) is 0 Å². The lowest BCUT2D eigenvalue weighted by molar-refractivity contribution is -0.129. The predicted octanol–water partition coefficient (Wildman–Crippen LogP) is 3.36.